The summed E-state index contributed by atoms with van der Waals surface area (Å²) in [5, 5.41) is 14.7. The van der Waals surface area contributed by atoms with E-state index in [1.54, 1.807) is 18.2 Å². The summed E-state index contributed by atoms with van der Waals surface area (Å²) in [6.45, 7) is 4.12. The zero-order valence-electron chi connectivity index (χ0n) is 17.0. The van der Waals surface area contributed by atoms with Gasteiger partial charge < -0.3 is 19.9 Å². The standard InChI is InChI=1S/C21H23N5O3S/c1-4-26-20(15-8-6-5-7-9-15)24-25-21(26)30-13-19(28)23-17-12-16(22-14(2)27)10-11-18(17)29-3/h5-12H,4,13H2,1-3H3,(H,22,27)(H,23,28). The lowest BCUT2D eigenvalue weighted by Gasteiger charge is -2.12. The fourth-order valence-corrected chi connectivity index (χ4v) is 3.69. The van der Waals surface area contributed by atoms with Crippen LogP contribution in [0.2, 0.25) is 0 Å². The summed E-state index contributed by atoms with van der Waals surface area (Å²) >= 11 is 1.31. The predicted octanol–water partition coefficient (Wildman–Crippen LogP) is 3.66. The molecule has 0 aliphatic rings. The van der Waals surface area contributed by atoms with Gasteiger partial charge in [-0.25, -0.2) is 0 Å². The van der Waals surface area contributed by atoms with Gasteiger partial charge in [0.2, 0.25) is 11.8 Å². The van der Waals surface area contributed by atoms with E-state index in [0.29, 0.717) is 28.8 Å². The highest BCUT2D eigenvalue weighted by Crippen LogP contribution is 2.29. The third-order valence-electron chi connectivity index (χ3n) is 4.19. The molecule has 0 radical (unpaired) electrons. The number of aromatic nitrogens is 3. The molecule has 2 N–H and O–H groups in total. The molecule has 0 saturated carbocycles. The fraction of sp³-hybridized carbons (Fsp3) is 0.238. The van der Waals surface area contributed by atoms with Gasteiger partial charge >= 0.3 is 0 Å². The Morgan fingerprint density at radius 3 is 2.53 bits per heavy atom. The van der Waals surface area contributed by atoms with Crippen LogP contribution in [0.25, 0.3) is 11.4 Å². The molecule has 2 aromatic carbocycles. The highest BCUT2D eigenvalue weighted by Gasteiger charge is 2.15. The topological polar surface area (TPSA) is 98.1 Å². The Kier molecular flexibility index (Phi) is 7.08. The number of benzene rings is 2. The molecular weight excluding hydrogens is 402 g/mol. The van der Waals surface area contributed by atoms with Crippen LogP contribution in [0.4, 0.5) is 11.4 Å². The maximum Gasteiger partial charge on any atom is 0.234 e. The molecule has 0 aliphatic heterocycles. The van der Waals surface area contributed by atoms with E-state index in [-0.39, 0.29) is 17.6 Å². The van der Waals surface area contributed by atoms with Crippen LogP contribution < -0.4 is 15.4 Å². The zero-order chi connectivity index (χ0) is 21.5. The van der Waals surface area contributed by atoms with Crippen LogP contribution in [-0.2, 0) is 16.1 Å². The summed E-state index contributed by atoms with van der Waals surface area (Å²) < 4.78 is 7.27. The van der Waals surface area contributed by atoms with Crippen molar-refractivity contribution in [3.63, 3.8) is 0 Å². The van der Waals surface area contributed by atoms with E-state index in [2.05, 4.69) is 20.8 Å². The second-order valence-electron chi connectivity index (χ2n) is 6.35. The molecule has 0 saturated heterocycles. The first kappa shape index (κ1) is 21.4. The molecule has 0 fully saturated rings. The van der Waals surface area contributed by atoms with Crippen LogP contribution in [0.3, 0.4) is 0 Å². The van der Waals surface area contributed by atoms with Gasteiger partial charge in [-0.05, 0) is 25.1 Å². The van der Waals surface area contributed by atoms with Crippen molar-refractivity contribution in [1.29, 1.82) is 0 Å². The number of hydrogen-bond donors (Lipinski definition) is 2. The third-order valence-corrected chi connectivity index (χ3v) is 5.16. The number of ether oxygens (including phenoxy) is 1. The minimum absolute atomic E-state index is 0.153. The Morgan fingerprint density at radius 2 is 1.87 bits per heavy atom. The Morgan fingerprint density at radius 1 is 1.10 bits per heavy atom. The van der Waals surface area contributed by atoms with E-state index in [9.17, 15) is 9.59 Å². The average molecular weight is 426 g/mol. The van der Waals surface area contributed by atoms with Crippen LogP contribution in [0, 0.1) is 0 Å². The molecule has 9 heteroatoms. The number of carbonyl (C=O) groups excluding carboxylic acids is 2. The van der Waals surface area contributed by atoms with E-state index in [1.165, 1.54) is 25.8 Å². The Bertz CT molecular complexity index is 1040. The van der Waals surface area contributed by atoms with Crippen LogP contribution in [0.15, 0.2) is 53.7 Å². The highest BCUT2D eigenvalue weighted by molar-refractivity contribution is 7.99. The summed E-state index contributed by atoms with van der Waals surface area (Å²) in [6.07, 6.45) is 0. The number of anilines is 2. The van der Waals surface area contributed by atoms with Crippen molar-refractivity contribution in [2.24, 2.45) is 0 Å². The van der Waals surface area contributed by atoms with Crippen LogP contribution in [0.5, 0.6) is 5.75 Å². The van der Waals surface area contributed by atoms with Crippen molar-refractivity contribution in [2.45, 2.75) is 25.5 Å². The summed E-state index contributed by atoms with van der Waals surface area (Å²) in [6, 6.07) is 14.9. The second kappa shape index (κ2) is 9.93. The molecular formula is C21H23N5O3S. The number of rotatable bonds is 8. The maximum atomic E-state index is 12.5. The Labute approximate surface area is 179 Å². The summed E-state index contributed by atoms with van der Waals surface area (Å²) in [4.78, 5) is 23.8. The van der Waals surface area contributed by atoms with Gasteiger partial charge in [-0.2, -0.15) is 0 Å². The first-order chi connectivity index (χ1) is 14.5. The number of nitrogens with zero attached hydrogens (tertiary/aromatic N) is 3. The number of amides is 2. The van der Waals surface area contributed by atoms with E-state index in [4.69, 9.17) is 4.74 Å². The normalized spacial score (nSPS) is 10.5. The molecule has 1 aromatic heterocycles. The van der Waals surface area contributed by atoms with Gasteiger partial charge in [0.25, 0.3) is 0 Å². The number of thioether (sulfide) groups is 1. The molecule has 3 aromatic rings. The largest absolute Gasteiger partial charge is 0.495 e. The number of carbonyl (C=O) groups is 2. The molecule has 156 valence electrons. The number of methoxy groups -OCH3 is 1. The maximum absolute atomic E-state index is 12.5. The minimum atomic E-state index is -0.217. The van der Waals surface area contributed by atoms with Gasteiger partial charge in [0, 0.05) is 24.7 Å². The molecule has 0 bridgehead atoms. The van der Waals surface area contributed by atoms with Crippen LogP contribution >= 0.6 is 11.8 Å². The van der Waals surface area contributed by atoms with Crippen molar-refractivity contribution in [3.8, 4) is 17.1 Å². The lowest BCUT2D eigenvalue weighted by Crippen LogP contribution is -2.16. The van der Waals surface area contributed by atoms with Crippen molar-refractivity contribution in [2.75, 3.05) is 23.5 Å². The smallest absolute Gasteiger partial charge is 0.234 e. The highest BCUT2D eigenvalue weighted by atomic mass is 32.2. The third kappa shape index (κ3) is 5.18. The zero-order valence-corrected chi connectivity index (χ0v) is 17.8. The summed E-state index contributed by atoms with van der Waals surface area (Å²) in [5.41, 5.74) is 2.03. The lowest BCUT2D eigenvalue weighted by molar-refractivity contribution is -0.114. The van der Waals surface area contributed by atoms with Gasteiger partial charge in [0.1, 0.15) is 5.75 Å². The van der Waals surface area contributed by atoms with Gasteiger partial charge in [0.05, 0.1) is 18.6 Å². The summed E-state index contributed by atoms with van der Waals surface area (Å²) in [7, 11) is 1.52. The molecule has 2 amide bonds. The first-order valence-corrected chi connectivity index (χ1v) is 10.4. The van der Waals surface area contributed by atoms with Crippen molar-refractivity contribution >= 4 is 35.0 Å². The molecule has 0 spiro atoms. The minimum Gasteiger partial charge on any atom is -0.495 e. The molecule has 30 heavy (non-hydrogen) atoms. The SMILES string of the molecule is CCn1c(SCC(=O)Nc2cc(NC(C)=O)ccc2OC)nnc1-c1ccccc1. The number of nitrogens with one attached hydrogen (secondary N) is 2. The Hall–Kier alpha value is -3.33. The predicted molar refractivity (Wildman–Crippen MR) is 118 cm³/mol. The van der Waals surface area contributed by atoms with Crippen LogP contribution in [-0.4, -0.2) is 39.4 Å². The van der Waals surface area contributed by atoms with Gasteiger partial charge in [-0.15, -0.1) is 10.2 Å². The van der Waals surface area contributed by atoms with Crippen molar-refractivity contribution in [3.05, 3.63) is 48.5 Å². The second-order valence-corrected chi connectivity index (χ2v) is 7.29. The molecule has 0 unspecified atom stereocenters. The van der Waals surface area contributed by atoms with E-state index in [0.717, 1.165) is 11.4 Å². The Balaban J connectivity index is 1.69. The molecule has 1 heterocycles. The van der Waals surface area contributed by atoms with Gasteiger partial charge in [-0.1, -0.05) is 42.1 Å². The summed E-state index contributed by atoms with van der Waals surface area (Å²) in [5.74, 6) is 1.02. The average Bonchev–Trinajstić information content (AvgIpc) is 3.15. The molecule has 3 rings (SSSR count). The lowest BCUT2D eigenvalue weighted by atomic mass is 10.2. The van der Waals surface area contributed by atoms with E-state index < -0.39 is 0 Å². The monoisotopic (exact) mass is 425 g/mol. The van der Waals surface area contributed by atoms with Crippen molar-refractivity contribution < 1.29 is 14.3 Å². The fourth-order valence-electron chi connectivity index (χ4n) is 2.88. The first-order valence-electron chi connectivity index (χ1n) is 9.38. The van der Waals surface area contributed by atoms with Crippen LogP contribution in [0.1, 0.15) is 13.8 Å². The molecule has 8 nitrogen and oxygen atoms in total. The van der Waals surface area contributed by atoms with Crippen molar-refractivity contribution in [1.82, 2.24) is 14.8 Å². The quantitative estimate of drug-likeness (QED) is 0.535. The van der Waals surface area contributed by atoms with E-state index >= 15 is 0 Å². The van der Waals surface area contributed by atoms with Gasteiger partial charge in [-0.3, -0.25) is 9.59 Å². The van der Waals surface area contributed by atoms with E-state index in [1.807, 2.05) is 41.8 Å². The molecule has 0 aliphatic carbocycles. The van der Waals surface area contributed by atoms with Gasteiger partial charge in [0.15, 0.2) is 11.0 Å². The molecule has 0 atom stereocenters. The number of hydrogen-bond acceptors (Lipinski definition) is 6.